The van der Waals surface area contributed by atoms with Gasteiger partial charge in [0.25, 0.3) is 0 Å². The van der Waals surface area contributed by atoms with Crippen LogP contribution >= 0.6 is 0 Å². The van der Waals surface area contributed by atoms with Crippen molar-refractivity contribution in [3.05, 3.63) is 218 Å². The van der Waals surface area contributed by atoms with E-state index in [1.54, 1.807) is 0 Å². The molecule has 1 heterocycles. The van der Waals surface area contributed by atoms with E-state index in [0.29, 0.717) is 0 Å². The lowest BCUT2D eigenvalue weighted by Gasteiger charge is -2.18. The third kappa shape index (κ3) is 5.08. The first-order valence-corrected chi connectivity index (χ1v) is 21.1. The molecule has 13 aromatic rings. The molecule has 61 heavy (non-hydrogen) atoms. The van der Waals surface area contributed by atoms with Crippen molar-refractivity contribution >= 4 is 86.6 Å². The summed E-state index contributed by atoms with van der Waals surface area (Å²) < 4.78 is 7.12. The van der Waals surface area contributed by atoms with Gasteiger partial charge >= 0.3 is 0 Å². The smallest absolute Gasteiger partial charge is 0.143 e. The first-order valence-electron chi connectivity index (χ1n) is 21.1. The Morgan fingerprint density at radius 3 is 1.08 bits per heavy atom. The average Bonchev–Trinajstić information content (AvgIpc) is 3.72. The average molecular weight is 773 g/mol. The normalized spacial score (nSPS) is 11.9. The monoisotopic (exact) mass is 772 g/mol. The first kappa shape index (κ1) is 33.9. The lowest BCUT2D eigenvalue weighted by atomic mass is 9.84. The summed E-state index contributed by atoms with van der Waals surface area (Å²) in [5.41, 5.74) is 11.4. The Morgan fingerprint density at radius 2 is 0.607 bits per heavy atom. The van der Waals surface area contributed by atoms with Crippen molar-refractivity contribution in [2.45, 2.75) is 0 Å². The van der Waals surface area contributed by atoms with Crippen molar-refractivity contribution in [1.82, 2.24) is 0 Å². The topological polar surface area (TPSA) is 13.1 Å². The second-order valence-corrected chi connectivity index (χ2v) is 16.3. The van der Waals surface area contributed by atoms with E-state index >= 15 is 0 Å². The van der Waals surface area contributed by atoms with Crippen molar-refractivity contribution in [3.8, 4) is 44.5 Å². The number of hydrogen-bond acceptors (Lipinski definition) is 1. The molecular formula is C60H36O. The van der Waals surface area contributed by atoms with Gasteiger partial charge in [-0.25, -0.2) is 0 Å². The lowest BCUT2D eigenvalue weighted by Crippen LogP contribution is -1.92. The van der Waals surface area contributed by atoms with Crippen LogP contribution in [0.25, 0.3) is 131 Å². The van der Waals surface area contributed by atoms with Gasteiger partial charge in [-0.1, -0.05) is 200 Å². The van der Waals surface area contributed by atoms with Crippen molar-refractivity contribution in [3.63, 3.8) is 0 Å². The van der Waals surface area contributed by atoms with Crippen LogP contribution in [-0.2, 0) is 0 Å². The Kier molecular flexibility index (Phi) is 7.37. The van der Waals surface area contributed by atoms with E-state index in [0.717, 1.165) is 27.5 Å². The lowest BCUT2D eigenvalue weighted by molar-refractivity contribution is 0.670. The second-order valence-electron chi connectivity index (χ2n) is 16.3. The molecule has 1 nitrogen and oxygen atoms in total. The minimum absolute atomic E-state index is 0.883. The van der Waals surface area contributed by atoms with Gasteiger partial charge < -0.3 is 4.42 Å². The highest BCUT2D eigenvalue weighted by Crippen LogP contribution is 2.50. The second kappa shape index (κ2) is 13.3. The van der Waals surface area contributed by atoms with Crippen LogP contribution in [0, 0.1) is 0 Å². The van der Waals surface area contributed by atoms with Crippen LogP contribution in [-0.4, -0.2) is 0 Å². The maximum Gasteiger partial charge on any atom is 0.143 e. The van der Waals surface area contributed by atoms with Crippen LogP contribution in [0.15, 0.2) is 223 Å². The highest BCUT2D eigenvalue weighted by Gasteiger charge is 2.24. The highest BCUT2D eigenvalue weighted by atomic mass is 16.3. The van der Waals surface area contributed by atoms with Crippen molar-refractivity contribution in [1.29, 1.82) is 0 Å². The van der Waals surface area contributed by atoms with Gasteiger partial charge in [-0.15, -0.1) is 0 Å². The summed E-state index contributed by atoms with van der Waals surface area (Å²) in [7, 11) is 0. The summed E-state index contributed by atoms with van der Waals surface area (Å²) >= 11 is 0. The zero-order chi connectivity index (χ0) is 40.0. The molecule has 0 aliphatic rings. The SMILES string of the molecule is c1ccc2cc(-c3c4ccccc4c(-c4cccc5c4oc4cccc(-c6c7ccccc7c(-c7ccc8ccccc8c7)c7ccccc67)c45)c4ccccc34)ccc2c1. The molecule has 0 spiro atoms. The number of hydrogen-bond donors (Lipinski definition) is 0. The van der Waals surface area contributed by atoms with Gasteiger partial charge in [-0.05, 0) is 116 Å². The van der Waals surface area contributed by atoms with Crippen molar-refractivity contribution < 1.29 is 4.42 Å². The van der Waals surface area contributed by atoms with Gasteiger partial charge in [0.15, 0.2) is 0 Å². The maximum atomic E-state index is 7.12. The van der Waals surface area contributed by atoms with Gasteiger partial charge in [0.2, 0.25) is 0 Å². The minimum Gasteiger partial charge on any atom is -0.455 e. The summed E-state index contributed by atoms with van der Waals surface area (Å²) in [5, 5.41) is 17.0. The Bertz CT molecular complexity index is 3830. The van der Waals surface area contributed by atoms with E-state index in [2.05, 4.69) is 218 Å². The van der Waals surface area contributed by atoms with Gasteiger partial charge in [0, 0.05) is 21.9 Å². The molecule has 0 radical (unpaired) electrons. The van der Waals surface area contributed by atoms with E-state index in [1.807, 2.05) is 0 Å². The number of benzene rings is 12. The Balaban J connectivity index is 1.08. The van der Waals surface area contributed by atoms with Crippen molar-refractivity contribution in [2.75, 3.05) is 0 Å². The van der Waals surface area contributed by atoms with E-state index in [4.69, 9.17) is 4.42 Å². The van der Waals surface area contributed by atoms with Gasteiger partial charge in [0.05, 0.1) is 0 Å². The first-order chi connectivity index (χ1) is 30.3. The summed E-state index contributed by atoms with van der Waals surface area (Å²) in [6.45, 7) is 0. The van der Waals surface area contributed by atoms with Gasteiger partial charge in [-0.2, -0.15) is 0 Å². The maximum absolute atomic E-state index is 7.12. The van der Waals surface area contributed by atoms with E-state index in [-0.39, 0.29) is 0 Å². The van der Waals surface area contributed by atoms with Crippen LogP contribution in [0.1, 0.15) is 0 Å². The molecule has 0 saturated carbocycles. The molecule has 0 aliphatic carbocycles. The summed E-state index contributed by atoms with van der Waals surface area (Å²) in [6, 6.07) is 79.9. The zero-order valence-corrected chi connectivity index (χ0v) is 33.2. The van der Waals surface area contributed by atoms with Crippen molar-refractivity contribution in [2.24, 2.45) is 0 Å². The third-order valence-corrected chi connectivity index (χ3v) is 13.0. The number of furan rings is 1. The van der Waals surface area contributed by atoms with Crippen LogP contribution in [0.5, 0.6) is 0 Å². The number of rotatable bonds is 4. The standard InChI is InChI=1S/C60H36O/c1-3-17-39-35-41(33-31-37(39)15-1)55-43-19-5-9-23-47(43)57(48-24-10-6-20-44(48)55)51-27-14-30-54-59(51)53-29-13-28-52(60(53)61-54)58-49-25-11-7-21-45(49)56(46-22-8-12-26-50(46)58)42-34-32-38-16-2-4-18-40(38)36-42/h1-36H. The molecule has 0 bridgehead atoms. The Hall–Kier alpha value is -8.00. The molecule has 13 rings (SSSR count). The largest absolute Gasteiger partial charge is 0.455 e. The molecule has 0 fully saturated rings. The molecule has 0 atom stereocenters. The van der Waals surface area contributed by atoms with E-state index in [9.17, 15) is 0 Å². The third-order valence-electron chi connectivity index (χ3n) is 13.0. The highest BCUT2D eigenvalue weighted by molar-refractivity contribution is 6.28. The molecule has 0 amide bonds. The molecule has 0 saturated heterocycles. The molecule has 1 heteroatoms. The van der Waals surface area contributed by atoms with Gasteiger partial charge in [-0.3, -0.25) is 0 Å². The van der Waals surface area contributed by atoms with Gasteiger partial charge in [0.1, 0.15) is 11.2 Å². The molecular weight excluding hydrogens is 737 g/mol. The predicted octanol–water partition coefficient (Wildman–Crippen LogP) is 17.2. The molecule has 1 aromatic heterocycles. The van der Waals surface area contributed by atoms with Crippen LogP contribution in [0.4, 0.5) is 0 Å². The van der Waals surface area contributed by atoms with Crippen LogP contribution in [0.2, 0.25) is 0 Å². The minimum atomic E-state index is 0.883. The Labute approximate surface area is 352 Å². The van der Waals surface area contributed by atoms with Crippen LogP contribution < -0.4 is 0 Å². The molecule has 0 unspecified atom stereocenters. The number of fused-ring (bicyclic) bond motifs is 9. The van der Waals surface area contributed by atoms with E-state index in [1.165, 1.54) is 104 Å². The molecule has 0 aliphatic heterocycles. The predicted molar refractivity (Wildman–Crippen MR) is 260 cm³/mol. The quantitative estimate of drug-likeness (QED) is 0.162. The molecule has 282 valence electrons. The number of para-hydroxylation sites is 1. The Morgan fingerprint density at radius 1 is 0.246 bits per heavy atom. The summed E-state index contributed by atoms with van der Waals surface area (Å²) in [6.07, 6.45) is 0. The summed E-state index contributed by atoms with van der Waals surface area (Å²) in [5.74, 6) is 0. The summed E-state index contributed by atoms with van der Waals surface area (Å²) in [4.78, 5) is 0. The fourth-order valence-corrected chi connectivity index (χ4v) is 10.4. The fraction of sp³-hybridized carbons (Fsp3) is 0. The molecule has 0 N–H and O–H groups in total. The fourth-order valence-electron chi connectivity index (χ4n) is 10.4. The van der Waals surface area contributed by atoms with Crippen LogP contribution in [0.3, 0.4) is 0 Å². The van der Waals surface area contributed by atoms with E-state index < -0.39 is 0 Å². The molecule has 12 aromatic carbocycles. The zero-order valence-electron chi connectivity index (χ0n) is 33.2.